The van der Waals surface area contributed by atoms with Crippen molar-refractivity contribution >= 4 is 44.5 Å². The second kappa shape index (κ2) is 5.46. The minimum Gasteiger partial charge on any atom is -0.392 e. The summed E-state index contributed by atoms with van der Waals surface area (Å²) in [6.45, 7) is 2.85. The van der Waals surface area contributed by atoms with Gasteiger partial charge in [-0.25, -0.2) is 0 Å². The van der Waals surface area contributed by atoms with E-state index in [1.54, 1.807) is 4.90 Å². The molecular formula is C13H14N2OS2. The summed E-state index contributed by atoms with van der Waals surface area (Å²) >= 11 is 6.36. The number of nitrogens with two attached hydrogens (primary N) is 1. The SMILES string of the molecule is CCN(CC(N)=S)C(=O)c1cc2ccccc2s1. The van der Waals surface area contributed by atoms with Gasteiger partial charge in [-0.1, -0.05) is 30.4 Å². The molecule has 18 heavy (non-hydrogen) atoms. The van der Waals surface area contributed by atoms with E-state index in [0.717, 1.165) is 15.0 Å². The number of hydrogen-bond acceptors (Lipinski definition) is 3. The third kappa shape index (κ3) is 2.68. The Morgan fingerprint density at radius 3 is 2.78 bits per heavy atom. The molecule has 0 atom stereocenters. The second-order valence-corrected chi connectivity index (χ2v) is 5.54. The minimum atomic E-state index is -0.00787. The molecule has 0 fully saturated rings. The summed E-state index contributed by atoms with van der Waals surface area (Å²) in [7, 11) is 0. The Morgan fingerprint density at radius 2 is 2.17 bits per heavy atom. The summed E-state index contributed by atoms with van der Waals surface area (Å²) in [5.74, 6) is -0.00787. The summed E-state index contributed by atoms with van der Waals surface area (Å²) in [6.07, 6.45) is 0. The van der Waals surface area contributed by atoms with Crippen LogP contribution in [0.1, 0.15) is 16.6 Å². The number of carbonyl (C=O) groups is 1. The maximum Gasteiger partial charge on any atom is 0.264 e. The normalized spacial score (nSPS) is 10.5. The van der Waals surface area contributed by atoms with Gasteiger partial charge >= 0.3 is 0 Å². The van der Waals surface area contributed by atoms with E-state index in [-0.39, 0.29) is 5.91 Å². The highest BCUT2D eigenvalue weighted by Gasteiger charge is 2.17. The Labute approximate surface area is 115 Å². The summed E-state index contributed by atoms with van der Waals surface area (Å²) in [4.78, 5) is 15.0. The molecule has 5 heteroatoms. The Hall–Kier alpha value is -1.46. The molecule has 0 aliphatic rings. The summed E-state index contributed by atoms with van der Waals surface area (Å²) in [5.41, 5.74) is 5.50. The fraction of sp³-hybridized carbons (Fsp3) is 0.231. The first-order valence-electron chi connectivity index (χ1n) is 5.68. The molecule has 94 valence electrons. The monoisotopic (exact) mass is 278 g/mol. The maximum absolute atomic E-state index is 12.3. The number of fused-ring (bicyclic) bond motifs is 1. The van der Waals surface area contributed by atoms with Crippen molar-refractivity contribution in [2.75, 3.05) is 13.1 Å². The number of nitrogens with zero attached hydrogens (tertiary/aromatic N) is 1. The number of hydrogen-bond donors (Lipinski definition) is 1. The quantitative estimate of drug-likeness (QED) is 0.875. The van der Waals surface area contributed by atoms with Crippen molar-refractivity contribution in [1.29, 1.82) is 0 Å². The van der Waals surface area contributed by atoms with Gasteiger partial charge in [-0.15, -0.1) is 11.3 Å². The average molecular weight is 278 g/mol. The molecule has 1 aromatic carbocycles. The lowest BCUT2D eigenvalue weighted by Gasteiger charge is -2.18. The van der Waals surface area contributed by atoms with Crippen molar-refractivity contribution in [1.82, 2.24) is 4.90 Å². The molecule has 1 heterocycles. The standard InChI is InChI=1S/C13H14N2OS2/c1-2-15(8-12(14)17)13(16)11-7-9-5-3-4-6-10(9)18-11/h3-7H,2,8H2,1H3,(H2,14,17). The zero-order chi connectivity index (χ0) is 13.1. The molecule has 2 N–H and O–H groups in total. The van der Waals surface area contributed by atoms with Crippen LogP contribution in [0.4, 0.5) is 0 Å². The Bertz CT molecular complexity index is 558. The van der Waals surface area contributed by atoms with E-state index in [0.29, 0.717) is 18.1 Å². The Balaban J connectivity index is 2.29. The summed E-state index contributed by atoms with van der Waals surface area (Å²) in [6, 6.07) is 9.88. The number of thiophene rings is 1. The van der Waals surface area contributed by atoms with Gasteiger partial charge in [0.05, 0.1) is 16.4 Å². The van der Waals surface area contributed by atoms with Crippen LogP contribution in [0.3, 0.4) is 0 Å². The summed E-state index contributed by atoms with van der Waals surface area (Å²) in [5, 5.41) is 1.09. The summed E-state index contributed by atoms with van der Waals surface area (Å²) < 4.78 is 1.12. The van der Waals surface area contributed by atoms with Crippen LogP contribution in [-0.4, -0.2) is 28.9 Å². The topological polar surface area (TPSA) is 46.3 Å². The van der Waals surface area contributed by atoms with Crippen LogP contribution in [0.5, 0.6) is 0 Å². The minimum absolute atomic E-state index is 0.00787. The van der Waals surface area contributed by atoms with Gasteiger partial charge in [0, 0.05) is 11.2 Å². The number of benzene rings is 1. The lowest BCUT2D eigenvalue weighted by atomic mass is 10.2. The molecule has 2 rings (SSSR count). The van der Waals surface area contributed by atoms with Crippen LogP contribution in [0.2, 0.25) is 0 Å². The fourth-order valence-corrected chi connectivity index (χ4v) is 2.94. The van der Waals surface area contributed by atoms with Crippen molar-refractivity contribution in [3.05, 3.63) is 35.2 Å². The molecule has 0 unspecified atom stereocenters. The van der Waals surface area contributed by atoms with Gasteiger partial charge in [0.1, 0.15) is 0 Å². The molecule has 0 saturated carbocycles. The molecular weight excluding hydrogens is 264 g/mol. The van der Waals surface area contributed by atoms with E-state index < -0.39 is 0 Å². The van der Waals surface area contributed by atoms with E-state index >= 15 is 0 Å². The van der Waals surface area contributed by atoms with Crippen molar-refractivity contribution in [3.63, 3.8) is 0 Å². The van der Waals surface area contributed by atoms with Crippen LogP contribution in [0.15, 0.2) is 30.3 Å². The highest BCUT2D eigenvalue weighted by molar-refractivity contribution is 7.80. The number of thiocarbonyl (C=S) groups is 1. The number of amides is 1. The van der Waals surface area contributed by atoms with Gasteiger partial charge < -0.3 is 10.6 Å². The van der Waals surface area contributed by atoms with E-state index in [2.05, 4.69) is 0 Å². The first kappa shape index (κ1) is 13.0. The molecule has 2 aromatic rings. The Morgan fingerprint density at radius 1 is 1.44 bits per heavy atom. The first-order chi connectivity index (χ1) is 8.61. The van der Waals surface area contributed by atoms with E-state index in [4.69, 9.17) is 18.0 Å². The maximum atomic E-state index is 12.3. The van der Waals surface area contributed by atoms with Crippen LogP contribution < -0.4 is 5.73 Å². The van der Waals surface area contributed by atoms with Crippen LogP contribution in [-0.2, 0) is 0 Å². The van der Waals surface area contributed by atoms with E-state index in [1.165, 1.54) is 11.3 Å². The van der Waals surface area contributed by atoms with Gasteiger partial charge in [0.2, 0.25) is 0 Å². The van der Waals surface area contributed by atoms with Crippen molar-refractivity contribution in [2.24, 2.45) is 5.73 Å². The van der Waals surface area contributed by atoms with Gasteiger partial charge in [-0.3, -0.25) is 4.79 Å². The van der Waals surface area contributed by atoms with Gasteiger partial charge in [0.25, 0.3) is 5.91 Å². The molecule has 1 amide bonds. The predicted octanol–water partition coefficient (Wildman–Crippen LogP) is 2.65. The molecule has 0 aliphatic carbocycles. The van der Waals surface area contributed by atoms with E-state index in [1.807, 2.05) is 37.3 Å². The molecule has 0 spiro atoms. The zero-order valence-electron chi connectivity index (χ0n) is 10.1. The van der Waals surface area contributed by atoms with Gasteiger partial charge in [-0.2, -0.15) is 0 Å². The third-order valence-corrected chi connectivity index (χ3v) is 3.89. The first-order valence-corrected chi connectivity index (χ1v) is 6.90. The van der Waals surface area contributed by atoms with E-state index in [9.17, 15) is 4.79 Å². The van der Waals surface area contributed by atoms with Crippen LogP contribution in [0.25, 0.3) is 10.1 Å². The van der Waals surface area contributed by atoms with Crippen LogP contribution >= 0.6 is 23.6 Å². The average Bonchev–Trinajstić information content (AvgIpc) is 2.78. The highest BCUT2D eigenvalue weighted by Crippen LogP contribution is 2.26. The molecule has 3 nitrogen and oxygen atoms in total. The molecule has 0 saturated heterocycles. The highest BCUT2D eigenvalue weighted by atomic mass is 32.1. The predicted molar refractivity (Wildman–Crippen MR) is 80.2 cm³/mol. The number of rotatable bonds is 4. The number of likely N-dealkylation sites (N-methyl/N-ethyl adjacent to an activating group) is 1. The van der Waals surface area contributed by atoms with Gasteiger partial charge in [-0.05, 0) is 24.4 Å². The smallest absolute Gasteiger partial charge is 0.264 e. The van der Waals surface area contributed by atoms with Crippen molar-refractivity contribution < 1.29 is 4.79 Å². The lowest BCUT2D eigenvalue weighted by molar-refractivity contribution is 0.0792. The van der Waals surface area contributed by atoms with Crippen molar-refractivity contribution in [2.45, 2.75) is 6.92 Å². The number of carbonyl (C=O) groups excluding carboxylic acids is 1. The second-order valence-electron chi connectivity index (χ2n) is 3.93. The molecule has 1 aromatic heterocycles. The molecule has 0 bridgehead atoms. The lowest BCUT2D eigenvalue weighted by Crippen LogP contribution is -2.37. The fourth-order valence-electron chi connectivity index (χ4n) is 1.76. The van der Waals surface area contributed by atoms with Gasteiger partial charge in [0.15, 0.2) is 0 Å². The molecule has 0 radical (unpaired) electrons. The zero-order valence-corrected chi connectivity index (χ0v) is 11.7. The van der Waals surface area contributed by atoms with Crippen molar-refractivity contribution in [3.8, 4) is 0 Å². The Kier molecular flexibility index (Phi) is 3.93. The largest absolute Gasteiger partial charge is 0.392 e. The third-order valence-electron chi connectivity index (χ3n) is 2.65. The van der Waals surface area contributed by atoms with Crippen LogP contribution in [0, 0.1) is 0 Å². The molecule has 0 aliphatic heterocycles.